The minimum Gasteiger partial charge on any atom is -0.465 e. The molecular formula is C15H13N3O3. The fourth-order valence-electron chi connectivity index (χ4n) is 1.55. The minimum absolute atomic E-state index is 0.342. The van der Waals surface area contributed by atoms with E-state index in [9.17, 15) is 9.59 Å². The number of methoxy groups -OCH3 is 1. The zero-order chi connectivity index (χ0) is 15.1. The lowest BCUT2D eigenvalue weighted by atomic mass is 10.1. The molecule has 6 heteroatoms. The van der Waals surface area contributed by atoms with Crippen molar-refractivity contribution in [3.8, 4) is 0 Å². The van der Waals surface area contributed by atoms with Crippen molar-refractivity contribution in [1.29, 1.82) is 0 Å². The van der Waals surface area contributed by atoms with Crippen LogP contribution in [0.25, 0.3) is 0 Å². The highest BCUT2D eigenvalue weighted by Crippen LogP contribution is 2.04. The first kappa shape index (κ1) is 14.4. The van der Waals surface area contributed by atoms with Gasteiger partial charge >= 0.3 is 5.97 Å². The number of rotatable bonds is 4. The first-order valence-electron chi connectivity index (χ1n) is 6.12. The third kappa shape index (κ3) is 3.97. The van der Waals surface area contributed by atoms with Crippen LogP contribution in [0.5, 0.6) is 0 Å². The summed E-state index contributed by atoms with van der Waals surface area (Å²) in [6, 6.07) is 9.96. The smallest absolute Gasteiger partial charge is 0.337 e. The molecule has 0 aliphatic rings. The summed E-state index contributed by atoms with van der Waals surface area (Å²) in [7, 11) is 1.33. The number of carbonyl (C=O) groups is 2. The molecule has 1 aromatic carbocycles. The highest BCUT2D eigenvalue weighted by atomic mass is 16.5. The number of aromatic nitrogens is 1. The van der Waals surface area contributed by atoms with Crippen molar-refractivity contribution in [2.24, 2.45) is 5.10 Å². The first-order chi connectivity index (χ1) is 10.2. The number of hydrazone groups is 1. The number of pyridine rings is 1. The molecule has 0 saturated heterocycles. The number of esters is 1. The SMILES string of the molecule is COC(=O)c1ccc(/C=N\NC(=O)c2cccnc2)cc1. The monoisotopic (exact) mass is 283 g/mol. The van der Waals surface area contributed by atoms with Crippen LogP contribution in [0.3, 0.4) is 0 Å². The normalized spacial score (nSPS) is 10.3. The van der Waals surface area contributed by atoms with Crippen LogP contribution in [0.4, 0.5) is 0 Å². The molecule has 0 bridgehead atoms. The second-order valence-corrected chi connectivity index (χ2v) is 4.05. The topological polar surface area (TPSA) is 80.6 Å². The van der Waals surface area contributed by atoms with Gasteiger partial charge in [0.25, 0.3) is 5.91 Å². The molecular weight excluding hydrogens is 270 g/mol. The van der Waals surface area contributed by atoms with E-state index < -0.39 is 5.97 Å². The Labute approximate surface area is 121 Å². The molecule has 0 unspecified atom stereocenters. The summed E-state index contributed by atoms with van der Waals surface area (Å²) in [5, 5.41) is 3.84. The van der Waals surface area contributed by atoms with Crippen molar-refractivity contribution in [3.05, 3.63) is 65.5 Å². The van der Waals surface area contributed by atoms with Gasteiger partial charge in [-0.25, -0.2) is 10.2 Å². The molecule has 0 aliphatic carbocycles. The lowest BCUT2D eigenvalue weighted by Gasteiger charge is -2.00. The Morgan fingerprint density at radius 1 is 1.19 bits per heavy atom. The van der Waals surface area contributed by atoms with Crippen molar-refractivity contribution >= 4 is 18.1 Å². The molecule has 2 aromatic rings. The predicted octanol–water partition coefficient (Wildman–Crippen LogP) is 1.63. The van der Waals surface area contributed by atoms with Crippen LogP contribution in [-0.4, -0.2) is 30.2 Å². The van der Waals surface area contributed by atoms with Crippen molar-refractivity contribution in [3.63, 3.8) is 0 Å². The fraction of sp³-hybridized carbons (Fsp3) is 0.0667. The Kier molecular flexibility index (Phi) is 4.76. The molecule has 6 nitrogen and oxygen atoms in total. The van der Waals surface area contributed by atoms with Crippen molar-refractivity contribution in [1.82, 2.24) is 10.4 Å². The second-order valence-electron chi connectivity index (χ2n) is 4.05. The average molecular weight is 283 g/mol. The maximum Gasteiger partial charge on any atom is 0.337 e. The Hall–Kier alpha value is -3.02. The molecule has 1 heterocycles. The lowest BCUT2D eigenvalue weighted by molar-refractivity contribution is 0.0600. The standard InChI is InChI=1S/C15H13N3O3/c1-21-15(20)12-6-4-11(5-7-12)9-17-18-14(19)13-3-2-8-16-10-13/h2-10H,1H3,(H,18,19)/b17-9-. The Balaban J connectivity index is 1.95. The molecule has 1 amide bonds. The number of carbonyl (C=O) groups excluding carboxylic acids is 2. The summed E-state index contributed by atoms with van der Waals surface area (Å²) in [6.45, 7) is 0. The quantitative estimate of drug-likeness (QED) is 0.525. The summed E-state index contributed by atoms with van der Waals surface area (Å²) in [6.07, 6.45) is 4.52. The van der Waals surface area contributed by atoms with Gasteiger partial charge in [0.1, 0.15) is 0 Å². The van der Waals surface area contributed by atoms with E-state index in [1.165, 1.54) is 19.5 Å². The number of ether oxygens (including phenoxy) is 1. The number of nitrogens with zero attached hydrogens (tertiary/aromatic N) is 2. The van der Waals surface area contributed by atoms with Gasteiger partial charge in [0.2, 0.25) is 0 Å². The number of hydrogen-bond donors (Lipinski definition) is 1. The molecule has 0 spiro atoms. The molecule has 1 aromatic heterocycles. The molecule has 21 heavy (non-hydrogen) atoms. The van der Waals surface area contributed by atoms with Crippen LogP contribution in [0.2, 0.25) is 0 Å². The van der Waals surface area contributed by atoms with Crippen molar-refractivity contribution in [2.75, 3.05) is 7.11 Å². The molecule has 0 atom stereocenters. The number of nitrogens with one attached hydrogen (secondary N) is 1. The van der Waals surface area contributed by atoms with Gasteiger partial charge in [-0.2, -0.15) is 5.10 Å². The van der Waals surface area contributed by atoms with E-state index in [0.717, 1.165) is 5.56 Å². The van der Waals surface area contributed by atoms with Crippen molar-refractivity contribution < 1.29 is 14.3 Å². The van der Waals surface area contributed by atoms with Gasteiger partial charge in [-0.1, -0.05) is 12.1 Å². The number of benzene rings is 1. The molecule has 106 valence electrons. The van der Waals surface area contributed by atoms with E-state index in [4.69, 9.17) is 0 Å². The highest BCUT2D eigenvalue weighted by molar-refractivity contribution is 5.94. The molecule has 0 saturated carbocycles. The first-order valence-corrected chi connectivity index (χ1v) is 6.12. The van der Waals surface area contributed by atoms with Crippen molar-refractivity contribution in [2.45, 2.75) is 0 Å². The zero-order valence-electron chi connectivity index (χ0n) is 11.3. The molecule has 0 aliphatic heterocycles. The predicted molar refractivity (Wildman–Crippen MR) is 77.1 cm³/mol. The largest absolute Gasteiger partial charge is 0.465 e. The third-order valence-electron chi connectivity index (χ3n) is 2.64. The molecule has 1 N–H and O–H groups in total. The van der Waals surface area contributed by atoms with Crippen LogP contribution < -0.4 is 5.43 Å². The molecule has 2 rings (SSSR count). The van der Waals surface area contributed by atoms with E-state index in [0.29, 0.717) is 11.1 Å². The van der Waals surface area contributed by atoms with Crippen LogP contribution in [-0.2, 0) is 4.74 Å². The summed E-state index contributed by atoms with van der Waals surface area (Å²) < 4.78 is 4.60. The van der Waals surface area contributed by atoms with Gasteiger partial charge < -0.3 is 4.74 Å². The van der Waals surface area contributed by atoms with Gasteiger partial charge in [-0.15, -0.1) is 0 Å². The lowest BCUT2D eigenvalue weighted by Crippen LogP contribution is -2.17. The van der Waals surface area contributed by atoms with E-state index >= 15 is 0 Å². The molecule has 0 fully saturated rings. The van der Waals surface area contributed by atoms with Gasteiger partial charge in [0, 0.05) is 12.4 Å². The van der Waals surface area contributed by atoms with Crippen LogP contribution in [0, 0.1) is 0 Å². The summed E-state index contributed by atoms with van der Waals surface area (Å²) >= 11 is 0. The highest BCUT2D eigenvalue weighted by Gasteiger charge is 2.04. The van der Waals surface area contributed by atoms with Gasteiger partial charge in [-0.05, 0) is 29.8 Å². The molecule has 0 radical (unpaired) electrons. The third-order valence-corrected chi connectivity index (χ3v) is 2.64. The average Bonchev–Trinajstić information content (AvgIpc) is 2.55. The van der Waals surface area contributed by atoms with Crippen LogP contribution >= 0.6 is 0 Å². The summed E-state index contributed by atoms with van der Waals surface area (Å²) in [4.78, 5) is 26.8. The van der Waals surface area contributed by atoms with E-state index in [2.05, 4.69) is 20.2 Å². The van der Waals surface area contributed by atoms with Gasteiger partial charge in [0.15, 0.2) is 0 Å². The Morgan fingerprint density at radius 3 is 2.57 bits per heavy atom. The minimum atomic E-state index is -0.400. The van der Waals surface area contributed by atoms with E-state index in [1.54, 1.807) is 42.6 Å². The van der Waals surface area contributed by atoms with Crippen LogP contribution in [0.1, 0.15) is 26.3 Å². The van der Waals surface area contributed by atoms with E-state index in [1.807, 2.05) is 0 Å². The summed E-state index contributed by atoms with van der Waals surface area (Å²) in [5.41, 5.74) is 4.02. The van der Waals surface area contributed by atoms with Gasteiger partial charge in [-0.3, -0.25) is 9.78 Å². The Bertz CT molecular complexity index is 652. The van der Waals surface area contributed by atoms with Gasteiger partial charge in [0.05, 0.1) is 24.5 Å². The fourth-order valence-corrected chi connectivity index (χ4v) is 1.55. The number of hydrogen-bond acceptors (Lipinski definition) is 5. The van der Waals surface area contributed by atoms with Crippen LogP contribution in [0.15, 0.2) is 53.9 Å². The second kappa shape index (κ2) is 6.95. The van der Waals surface area contributed by atoms with E-state index in [-0.39, 0.29) is 5.91 Å². The maximum absolute atomic E-state index is 11.7. The maximum atomic E-state index is 11.7. The summed E-state index contributed by atoms with van der Waals surface area (Å²) in [5.74, 6) is -0.742. The number of amides is 1. The zero-order valence-corrected chi connectivity index (χ0v) is 11.3. The Morgan fingerprint density at radius 2 is 1.95 bits per heavy atom.